The van der Waals surface area contributed by atoms with Crippen LogP contribution in [-0.4, -0.2) is 34.2 Å². The van der Waals surface area contributed by atoms with Crippen molar-refractivity contribution in [2.24, 2.45) is 5.92 Å². The van der Waals surface area contributed by atoms with Crippen molar-refractivity contribution in [3.63, 3.8) is 0 Å². The molecule has 0 radical (unpaired) electrons. The number of nitriles is 1. The standard InChI is InChI=1S/C19H24N6OS/c1-2-3-4-5-17-23-24-19(27-17)22-18(26)15-8-10-25(11-9-15)16-7-6-14(12-20)13-21-16/h6-7,13,15H,2-5,8-11H2,1H3,(H,22,24,26). The van der Waals surface area contributed by atoms with Crippen LogP contribution < -0.4 is 10.2 Å². The van der Waals surface area contributed by atoms with Crippen LogP contribution in [0.25, 0.3) is 0 Å². The van der Waals surface area contributed by atoms with E-state index < -0.39 is 0 Å². The third-order valence-electron chi connectivity index (χ3n) is 4.76. The van der Waals surface area contributed by atoms with Gasteiger partial charge in [-0.2, -0.15) is 5.26 Å². The second kappa shape index (κ2) is 9.42. The molecule has 0 aromatic carbocycles. The van der Waals surface area contributed by atoms with Crippen molar-refractivity contribution >= 4 is 28.2 Å². The van der Waals surface area contributed by atoms with E-state index in [0.29, 0.717) is 10.7 Å². The summed E-state index contributed by atoms with van der Waals surface area (Å²) in [4.78, 5) is 19.0. The van der Waals surface area contributed by atoms with Crippen molar-refractivity contribution in [3.8, 4) is 6.07 Å². The van der Waals surface area contributed by atoms with Gasteiger partial charge >= 0.3 is 0 Å². The lowest BCUT2D eigenvalue weighted by atomic mass is 9.96. The van der Waals surface area contributed by atoms with Gasteiger partial charge in [0.05, 0.1) is 5.56 Å². The van der Waals surface area contributed by atoms with E-state index in [1.54, 1.807) is 12.3 Å². The van der Waals surface area contributed by atoms with Gasteiger partial charge in [-0.25, -0.2) is 4.98 Å². The van der Waals surface area contributed by atoms with Gasteiger partial charge in [-0.05, 0) is 31.4 Å². The first-order valence-electron chi connectivity index (χ1n) is 9.44. The zero-order valence-electron chi connectivity index (χ0n) is 15.5. The molecule has 2 aromatic heterocycles. The fraction of sp³-hybridized carbons (Fsp3) is 0.526. The third-order valence-corrected chi connectivity index (χ3v) is 5.66. The molecular weight excluding hydrogens is 360 g/mol. The highest BCUT2D eigenvalue weighted by Gasteiger charge is 2.26. The van der Waals surface area contributed by atoms with Crippen LogP contribution in [-0.2, 0) is 11.2 Å². The fourth-order valence-corrected chi connectivity index (χ4v) is 3.93. The van der Waals surface area contributed by atoms with Gasteiger partial charge in [-0.3, -0.25) is 4.79 Å². The Morgan fingerprint density at radius 2 is 2.15 bits per heavy atom. The molecule has 1 N–H and O–H groups in total. The molecule has 3 heterocycles. The van der Waals surface area contributed by atoms with Crippen LogP contribution in [0.3, 0.4) is 0 Å². The van der Waals surface area contributed by atoms with Crippen LogP contribution in [0.2, 0.25) is 0 Å². The van der Waals surface area contributed by atoms with Crippen molar-refractivity contribution in [1.82, 2.24) is 15.2 Å². The van der Waals surface area contributed by atoms with Crippen LogP contribution in [0.4, 0.5) is 10.9 Å². The Morgan fingerprint density at radius 1 is 1.33 bits per heavy atom. The summed E-state index contributed by atoms with van der Waals surface area (Å²) in [5.74, 6) is 0.861. The molecule has 1 aliphatic heterocycles. The number of pyridine rings is 1. The molecule has 0 unspecified atom stereocenters. The average Bonchev–Trinajstić information content (AvgIpc) is 3.15. The molecule has 0 spiro atoms. The van der Waals surface area contributed by atoms with Gasteiger partial charge in [0.25, 0.3) is 0 Å². The second-order valence-electron chi connectivity index (χ2n) is 6.73. The molecule has 1 fully saturated rings. The van der Waals surface area contributed by atoms with Crippen LogP contribution in [0.15, 0.2) is 18.3 Å². The van der Waals surface area contributed by atoms with Gasteiger partial charge in [-0.15, -0.1) is 10.2 Å². The summed E-state index contributed by atoms with van der Waals surface area (Å²) in [6.07, 6.45) is 7.54. The third kappa shape index (κ3) is 5.23. The van der Waals surface area contributed by atoms with Crippen LogP contribution in [0.5, 0.6) is 0 Å². The molecule has 2 aromatic rings. The van der Waals surface area contributed by atoms with Gasteiger partial charge in [-0.1, -0.05) is 31.1 Å². The van der Waals surface area contributed by atoms with E-state index in [1.165, 1.54) is 24.2 Å². The zero-order valence-corrected chi connectivity index (χ0v) is 16.3. The summed E-state index contributed by atoms with van der Waals surface area (Å²) in [7, 11) is 0. The van der Waals surface area contributed by atoms with E-state index >= 15 is 0 Å². The topological polar surface area (TPSA) is 94.8 Å². The van der Waals surface area contributed by atoms with Gasteiger partial charge in [0.1, 0.15) is 16.9 Å². The summed E-state index contributed by atoms with van der Waals surface area (Å²) in [6, 6.07) is 5.71. The summed E-state index contributed by atoms with van der Waals surface area (Å²) in [5.41, 5.74) is 0.555. The number of rotatable bonds is 7. The predicted octanol–water partition coefficient (Wildman–Crippen LogP) is 3.39. The molecule has 0 aliphatic carbocycles. The van der Waals surface area contributed by atoms with Crippen LogP contribution in [0.1, 0.15) is 49.6 Å². The normalized spacial score (nSPS) is 14.7. The van der Waals surface area contributed by atoms with Gasteiger partial charge < -0.3 is 10.2 Å². The number of aromatic nitrogens is 3. The smallest absolute Gasteiger partial charge is 0.229 e. The number of amides is 1. The maximum Gasteiger partial charge on any atom is 0.229 e. The number of carbonyl (C=O) groups excluding carboxylic acids is 1. The van der Waals surface area contributed by atoms with Crippen molar-refractivity contribution in [3.05, 3.63) is 28.9 Å². The molecular formula is C19H24N6OS. The minimum atomic E-state index is -0.0212. The summed E-state index contributed by atoms with van der Waals surface area (Å²) >= 11 is 1.48. The molecule has 27 heavy (non-hydrogen) atoms. The Kier molecular flexibility index (Phi) is 6.71. The molecule has 7 nitrogen and oxygen atoms in total. The number of hydrogen-bond acceptors (Lipinski definition) is 7. The minimum Gasteiger partial charge on any atom is -0.357 e. The Hall–Kier alpha value is -2.53. The molecule has 3 rings (SSSR count). The van der Waals surface area contributed by atoms with E-state index in [-0.39, 0.29) is 11.8 Å². The Labute approximate surface area is 163 Å². The maximum absolute atomic E-state index is 12.5. The van der Waals surface area contributed by atoms with E-state index in [4.69, 9.17) is 5.26 Å². The van der Waals surface area contributed by atoms with E-state index in [1.807, 2.05) is 6.07 Å². The quantitative estimate of drug-likeness (QED) is 0.735. The number of anilines is 2. The van der Waals surface area contributed by atoms with E-state index in [9.17, 15) is 4.79 Å². The lowest BCUT2D eigenvalue weighted by Gasteiger charge is -2.31. The molecule has 142 valence electrons. The number of nitrogens with zero attached hydrogens (tertiary/aromatic N) is 5. The fourth-order valence-electron chi connectivity index (χ4n) is 3.15. The Bertz CT molecular complexity index is 789. The lowest BCUT2D eigenvalue weighted by molar-refractivity contribution is -0.120. The molecule has 0 bridgehead atoms. The first-order valence-corrected chi connectivity index (χ1v) is 10.3. The zero-order chi connectivity index (χ0) is 19.1. The molecule has 0 saturated carbocycles. The van der Waals surface area contributed by atoms with Crippen molar-refractivity contribution in [1.29, 1.82) is 5.26 Å². The SMILES string of the molecule is CCCCCc1nnc(NC(=O)C2CCN(c3ccc(C#N)cn3)CC2)s1. The minimum absolute atomic E-state index is 0.0212. The Balaban J connectivity index is 1.47. The van der Waals surface area contributed by atoms with E-state index in [0.717, 1.165) is 49.6 Å². The number of unbranched alkanes of at least 4 members (excludes halogenated alkanes) is 2. The summed E-state index contributed by atoms with van der Waals surface area (Å²) in [6.45, 7) is 3.72. The molecule has 1 aliphatic rings. The number of piperidine rings is 1. The molecule has 8 heteroatoms. The van der Waals surface area contributed by atoms with E-state index in [2.05, 4.69) is 38.4 Å². The van der Waals surface area contributed by atoms with Crippen LogP contribution in [0, 0.1) is 17.2 Å². The summed E-state index contributed by atoms with van der Waals surface area (Å²) < 4.78 is 0. The van der Waals surface area contributed by atoms with Gasteiger partial charge in [0.15, 0.2) is 0 Å². The Morgan fingerprint density at radius 3 is 2.81 bits per heavy atom. The van der Waals surface area contributed by atoms with Crippen LogP contribution >= 0.6 is 11.3 Å². The lowest BCUT2D eigenvalue weighted by Crippen LogP contribution is -2.38. The number of hydrogen-bond donors (Lipinski definition) is 1. The molecule has 1 amide bonds. The largest absolute Gasteiger partial charge is 0.357 e. The second-order valence-corrected chi connectivity index (χ2v) is 7.79. The van der Waals surface area contributed by atoms with Crippen molar-refractivity contribution < 1.29 is 4.79 Å². The maximum atomic E-state index is 12.5. The number of carbonyl (C=O) groups is 1. The molecule has 1 saturated heterocycles. The highest BCUT2D eigenvalue weighted by molar-refractivity contribution is 7.15. The average molecular weight is 385 g/mol. The summed E-state index contributed by atoms with van der Waals surface area (Å²) in [5, 5.41) is 21.6. The first kappa shape index (κ1) is 19.2. The van der Waals surface area contributed by atoms with Crippen molar-refractivity contribution in [2.75, 3.05) is 23.3 Å². The van der Waals surface area contributed by atoms with Crippen molar-refractivity contribution in [2.45, 2.75) is 45.4 Å². The monoisotopic (exact) mass is 384 g/mol. The van der Waals surface area contributed by atoms with Gasteiger partial charge in [0.2, 0.25) is 11.0 Å². The first-order chi connectivity index (χ1) is 13.2. The highest BCUT2D eigenvalue weighted by atomic mass is 32.1. The number of nitrogens with one attached hydrogen (secondary N) is 1. The van der Waals surface area contributed by atoms with Gasteiger partial charge in [0, 0.05) is 31.6 Å². The number of aryl methyl sites for hydroxylation is 1. The predicted molar refractivity (Wildman–Crippen MR) is 106 cm³/mol. The molecule has 0 atom stereocenters. The highest BCUT2D eigenvalue weighted by Crippen LogP contribution is 2.24.